The average molecular weight is 395 g/mol. The SMILES string of the molecule is CSc1cccc(-c2ccc3c(c2)CC(NC(=O)Cc2[nH]c(=O)[nH]c2O)C3)c1. The van der Waals surface area contributed by atoms with Gasteiger partial charge in [-0.1, -0.05) is 30.3 Å². The first-order valence-electron chi connectivity index (χ1n) is 9.07. The molecule has 4 rings (SSSR count). The summed E-state index contributed by atoms with van der Waals surface area (Å²) in [4.78, 5) is 29.3. The summed E-state index contributed by atoms with van der Waals surface area (Å²) in [6.07, 6.45) is 3.55. The number of carbonyl (C=O) groups is 1. The maximum Gasteiger partial charge on any atom is 0.325 e. The quantitative estimate of drug-likeness (QED) is 0.499. The largest absolute Gasteiger partial charge is 0.493 e. The van der Waals surface area contributed by atoms with Gasteiger partial charge >= 0.3 is 5.69 Å². The lowest BCUT2D eigenvalue weighted by Gasteiger charge is -2.11. The second-order valence-electron chi connectivity index (χ2n) is 6.97. The van der Waals surface area contributed by atoms with Crippen molar-refractivity contribution >= 4 is 17.7 Å². The fourth-order valence-corrected chi connectivity index (χ4v) is 4.14. The summed E-state index contributed by atoms with van der Waals surface area (Å²) in [7, 11) is 0. The van der Waals surface area contributed by atoms with E-state index in [4.69, 9.17) is 0 Å². The molecule has 0 fully saturated rings. The predicted molar refractivity (Wildman–Crippen MR) is 110 cm³/mol. The molecule has 0 aliphatic heterocycles. The highest BCUT2D eigenvalue weighted by Crippen LogP contribution is 2.30. The van der Waals surface area contributed by atoms with Crippen LogP contribution in [0, 0.1) is 0 Å². The van der Waals surface area contributed by atoms with Gasteiger partial charge in [-0.15, -0.1) is 11.8 Å². The molecule has 0 bridgehead atoms. The highest BCUT2D eigenvalue weighted by Gasteiger charge is 2.24. The Morgan fingerprint density at radius 3 is 2.68 bits per heavy atom. The van der Waals surface area contributed by atoms with E-state index in [0.717, 1.165) is 12.8 Å². The van der Waals surface area contributed by atoms with E-state index in [9.17, 15) is 14.7 Å². The van der Waals surface area contributed by atoms with E-state index < -0.39 is 5.69 Å². The molecule has 0 radical (unpaired) electrons. The molecule has 3 aromatic rings. The van der Waals surface area contributed by atoms with Crippen LogP contribution >= 0.6 is 11.8 Å². The van der Waals surface area contributed by atoms with E-state index in [-0.39, 0.29) is 29.9 Å². The van der Waals surface area contributed by atoms with Crippen molar-refractivity contribution in [2.24, 2.45) is 0 Å². The molecule has 28 heavy (non-hydrogen) atoms. The maximum absolute atomic E-state index is 12.3. The number of aromatic amines is 2. The monoisotopic (exact) mass is 395 g/mol. The number of imidazole rings is 1. The van der Waals surface area contributed by atoms with E-state index >= 15 is 0 Å². The standard InChI is InChI=1S/C21H21N3O3S/c1-28-17-4-2-3-12(10-17)13-5-6-14-8-16(9-15(14)7-13)22-19(25)11-18-20(26)24-21(27)23-18/h2-7,10,16,26H,8-9,11H2,1H3,(H,22,25)(H2,23,24,27). The lowest BCUT2D eigenvalue weighted by Crippen LogP contribution is -2.36. The minimum atomic E-state index is -0.522. The molecule has 1 aromatic heterocycles. The van der Waals surface area contributed by atoms with Crippen LogP contribution in [-0.4, -0.2) is 33.3 Å². The zero-order valence-corrected chi connectivity index (χ0v) is 16.2. The molecule has 0 saturated carbocycles. The summed E-state index contributed by atoms with van der Waals surface area (Å²) in [5.74, 6) is -0.511. The zero-order chi connectivity index (χ0) is 19.7. The highest BCUT2D eigenvalue weighted by atomic mass is 32.2. The third-order valence-electron chi connectivity index (χ3n) is 5.03. The highest BCUT2D eigenvalue weighted by molar-refractivity contribution is 7.98. The molecule has 1 heterocycles. The van der Waals surface area contributed by atoms with Gasteiger partial charge in [-0.3, -0.25) is 9.78 Å². The summed E-state index contributed by atoms with van der Waals surface area (Å²) in [6.45, 7) is 0. The third-order valence-corrected chi connectivity index (χ3v) is 5.75. The molecule has 7 heteroatoms. The van der Waals surface area contributed by atoms with Crippen molar-refractivity contribution in [2.75, 3.05) is 6.26 Å². The number of hydrogen-bond donors (Lipinski definition) is 4. The van der Waals surface area contributed by atoms with Gasteiger partial charge in [0, 0.05) is 10.9 Å². The summed E-state index contributed by atoms with van der Waals surface area (Å²) in [5, 5.41) is 12.6. The molecule has 1 aliphatic carbocycles. The maximum atomic E-state index is 12.3. The fourth-order valence-electron chi connectivity index (χ4n) is 3.68. The predicted octanol–water partition coefficient (Wildman–Crippen LogP) is 2.62. The van der Waals surface area contributed by atoms with Gasteiger partial charge in [0.15, 0.2) is 0 Å². The number of aromatic nitrogens is 2. The van der Waals surface area contributed by atoms with Crippen LogP contribution in [0.25, 0.3) is 11.1 Å². The Hall–Kier alpha value is -2.93. The van der Waals surface area contributed by atoms with E-state index in [1.165, 1.54) is 27.1 Å². The Morgan fingerprint density at radius 2 is 1.93 bits per heavy atom. The van der Waals surface area contributed by atoms with Crippen LogP contribution in [0.1, 0.15) is 16.8 Å². The van der Waals surface area contributed by atoms with E-state index in [1.54, 1.807) is 11.8 Å². The number of hydrogen-bond acceptors (Lipinski definition) is 4. The Morgan fingerprint density at radius 1 is 1.14 bits per heavy atom. The van der Waals surface area contributed by atoms with Crippen LogP contribution in [0.2, 0.25) is 0 Å². The summed E-state index contributed by atoms with van der Waals surface area (Å²) in [5.41, 5.74) is 4.54. The number of carbonyl (C=O) groups excluding carboxylic acids is 1. The molecule has 0 spiro atoms. The van der Waals surface area contributed by atoms with Crippen LogP contribution in [0.15, 0.2) is 52.2 Å². The van der Waals surface area contributed by atoms with Crippen molar-refractivity contribution in [3.05, 3.63) is 69.8 Å². The minimum absolute atomic E-state index is 0.0167. The van der Waals surface area contributed by atoms with Gasteiger partial charge in [-0.05, 0) is 53.5 Å². The molecule has 1 aliphatic rings. The van der Waals surface area contributed by atoms with Gasteiger partial charge in [-0.25, -0.2) is 4.79 Å². The van der Waals surface area contributed by atoms with Gasteiger partial charge in [0.25, 0.3) is 0 Å². The van der Waals surface area contributed by atoms with Crippen molar-refractivity contribution in [1.82, 2.24) is 15.3 Å². The van der Waals surface area contributed by atoms with Crippen molar-refractivity contribution in [1.29, 1.82) is 0 Å². The molecule has 2 aromatic carbocycles. The summed E-state index contributed by atoms with van der Waals surface area (Å²) in [6, 6.07) is 15.0. The number of benzene rings is 2. The van der Waals surface area contributed by atoms with Gasteiger partial charge < -0.3 is 15.4 Å². The molecule has 6 nitrogen and oxygen atoms in total. The molecule has 1 unspecified atom stereocenters. The number of aromatic hydroxyl groups is 1. The molecule has 0 saturated heterocycles. The van der Waals surface area contributed by atoms with Gasteiger partial charge in [-0.2, -0.15) is 0 Å². The third kappa shape index (κ3) is 3.84. The molecule has 4 N–H and O–H groups in total. The number of amides is 1. The molecular weight excluding hydrogens is 374 g/mol. The first-order chi connectivity index (χ1) is 13.5. The minimum Gasteiger partial charge on any atom is -0.493 e. The van der Waals surface area contributed by atoms with Gasteiger partial charge in [0.2, 0.25) is 11.8 Å². The number of fused-ring (bicyclic) bond motifs is 1. The second-order valence-corrected chi connectivity index (χ2v) is 7.85. The first kappa shape index (κ1) is 18.4. The zero-order valence-electron chi connectivity index (χ0n) is 15.4. The number of rotatable bonds is 5. The average Bonchev–Trinajstić information content (AvgIpc) is 3.22. The topological polar surface area (TPSA) is 98.0 Å². The van der Waals surface area contributed by atoms with E-state index in [0.29, 0.717) is 0 Å². The Bertz CT molecular complexity index is 1090. The van der Waals surface area contributed by atoms with Crippen LogP contribution in [0.5, 0.6) is 5.88 Å². The summed E-state index contributed by atoms with van der Waals surface area (Å²) >= 11 is 1.72. The van der Waals surface area contributed by atoms with E-state index in [2.05, 4.69) is 64.0 Å². The molecule has 144 valence electrons. The smallest absolute Gasteiger partial charge is 0.325 e. The number of nitrogens with one attached hydrogen (secondary N) is 3. The molecule has 1 amide bonds. The number of H-pyrrole nitrogens is 2. The van der Waals surface area contributed by atoms with Crippen LogP contribution in [-0.2, 0) is 24.1 Å². The van der Waals surface area contributed by atoms with Gasteiger partial charge in [0.05, 0.1) is 12.1 Å². The lowest BCUT2D eigenvalue weighted by atomic mass is 10.0. The van der Waals surface area contributed by atoms with Crippen LogP contribution < -0.4 is 11.0 Å². The van der Waals surface area contributed by atoms with Crippen molar-refractivity contribution in [3.63, 3.8) is 0 Å². The van der Waals surface area contributed by atoms with Crippen LogP contribution in [0.3, 0.4) is 0 Å². The number of thioether (sulfide) groups is 1. The molecular formula is C21H21N3O3S. The fraction of sp³-hybridized carbons (Fsp3) is 0.238. The molecule has 1 atom stereocenters. The van der Waals surface area contributed by atoms with E-state index in [1.807, 2.05) is 0 Å². The first-order valence-corrected chi connectivity index (χ1v) is 10.3. The van der Waals surface area contributed by atoms with Crippen molar-refractivity contribution in [3.8, 4) is 17.0 Å². The second kappa shape index (κ2) is 7.59. The normalized spacial score (nSPS) is 15.4. The Balaban J connectivity index is 1.44. The van der Waals surface area contributed by atoms with Crippen LogP contribution in [0.4, 0.5) is 0 Å². The Labute approximate surface area is 166 Å². The summed E-state index contributed by atoms with van der Waals surface area (Å²) < 4.78 is 0. The van der Waals surface area contributed by atoms with Crippen molar-refractivity contribution < 1.29 is 9.90 Å². The Kier molecular flexibility index (Phi) is 5.00. The van der Waals surface area contributed by atoms with Crippen molar-refractivity contribution in [2.45, 2.75) is 30.2 Å². The lowest BCUT2D eigenvalue weighted by molar-refractivity contribution is -0.121. The van der Waals surface area contributed by atoms with Gasteiger partial charge in [0.1, 0.15) is 0 Å².